The fourth-order valence-corrected chi connectivity index (χ4v) is 2.69. The highest BCUT2D eigenvalue weighted by Gasteiger charge is 2.08. The third-order valence-corrected chi connectivity index (χ3v) is 3.76. The summed E-state index contributed by atoms with van der Waals surface area (Å²) in [6, 6.07) is 9.59. The number of rotatable bonds is 3. The molecule has 1 heterocycles. The fraction of sp³-hybridized carbons (Fsp3) is 0.143. The maximum atomic E-state index is 6.14. The minimum atomic E-state index is 0.0900. The molecule has 2 aromatic rings. The summed E-state index contributed by atoms with van der Waals surface area (Å²) in [4.78, 5) is 4.00. The molecule has 2 rings (SSSR count). The standard InChI is InChI=1S/C14H13BrClN3S/c1-9(10-4-6-17-7-5-10)18-14(20)19-13-3-2-11(15)8-12(13)16/h2-9H,1H3,(H2,18,19,20)/t9-/m1/s1. The van der Waals surface area contributed by atoms with E-state index in [-0.39, 0.29) is 6.04 Å². The number of halogens is 2. The van der Waals surface area contributed by atoms with Crippen molar-refractivity contribution in [1.29, 1.82) is 0 Å². The molecular weight excluding hydrogens is 358 g/mol. The predicted molar refractivity (Wildman–Crippen MR) is 91.2 cm³/mol. The Bertz CT molecular complexity index is 607. The lowest BCUT2D eigenvalue weighted by molar-refractivity contribution is 0.721. The molecule has 1 aromatic heterocycles. The van der Waals surface area contributed by atoms with Gasteiger partial charge in [-0.1, -0.05) is 27.5 Å². The minimum absolute atomic E-state index is 0.0900. The van der Waals surface area contributed by atoms with Gasteiger partial charge in [0.05, 0.1) is 16.8 Å². The first-order valence-corrected chi connectivity index (χ1v) is 7.56. The average molecular weight is 371 g/mol. The summed E-state index contributed by atoms with van der Waals surface area (Å²) in [5.41, 5.74) is 1.89. The van der Waals surface area contributed by atoms with E-state index in [1.165, 1.54) is 0 Å². The minimum Gasteiger partial charge on any atom is -0.356 e. The van der Waals surface area contributed by atoms with E-state index in [0.717, 1.165) is 15.7 Å². The highest BCUT2D eigenvalue weighted by Crippen LogP contribution is 2.25. The Kier molecular flexibility index (Phi) is 5.34. The SMILES string of the molecule is C[C@@H](NC(=S)Nc1ccc(Br)cc1Cl)c1ccncc1. The summed E-state index contributed by atoms with van der Waals surface area (Å²) in [5, 5.41) is 7.44. The van der Waals surface area contributed by atoms with Crippen molar-refractivity contribution in [2.24, 2.45) is 0 Å². The van der Waals surface area contributed by atoms with Crippen LogP contribution in [0.25, 0.3) is 0 Å². The van der Waals surface area contributed by atoms with E-state index >= 15 is 0 Å². The third-order valence-electron chi connectivity index (χ3n) is 2.73. The van der Waals surface area contributed by atoms with Crippen molar-refractivity contribution in [2.45, 2.75) is 13.0 Å². The van der Waals surface area contributed by atoms with Crippen LogP contribution in [0.2, 0.25) is 5.02 Å². The van der Waals surface area contributed by atoms with Crippen LogP contribution in [-0.4, -0.2) is 10.1 Å². The molecule has 0 spiro atoms. The summed E-state index contributed by atoms with van der Waals surface area (Å²) < 4.78 is 0.928. The number of nitrogens with one attached hydrogen (secondary N) is 2. The number of benzene rings is 1. The van der Waals surface area contributed by atoms with Gasteiger partial charge in [-0.2, -0.15) is 0 Å². The zero-order chi connectivity index (χ0) is 14.5. The lowest BCUT2D eigenvalue weighted by atomic mass is 10.1. The van der Waals surface area contributed by atoms with Crippen molar-refractivity contribution < 1.29 is 0 Å². The van der Waals surface area contributed by atoms with E-state index in [2.05, 4.69) is 31.5 Å². The van der Waals surface area contributed by atoms with Crippen LogP contribution < -0.4 is 10.6 Å². The van der Waals surface area contributed by atoms with Crippen molar-refractivity contribution in [3.8, 4) is 0 Å². The molecule has 0 aliphatic rings. The maximum absolute atomic E-state index is 6.14. The van der Waals surface area contributed by atoms with Crippen molar-refractivity contribution in [3.63, 3.8) is 0 Å². The lowest BCUT2D eigenvalue weighted by Crippen LogP contribution is -2.31. The van der Waals surface area contributed by atoms with Crippen LogP contribution in [0.4, 0.5) is 5.69 Å². The molecule has 0 aliphatic heterocycles. The number of pyridine rings is 1. The summed E-state index contributed by atoms with van der Waals surface area (Å²) in [5.74, 6) is 0. The zero-order valence-electron chi connectivity index (χ0n) is 10.7. The Balaban J connectivity index is 1.99. The van der Waals surface area contributed by atoms with Crippen molar-refractivity contribution >= 4 is 50.5 Å². The number of thiocarbonyl (C=S) groups is 1. The molecule has 0 saturated carbocycles. The lowest BCUT2D eigenvalue weighted by Gasteiger charge is -2.17. The van der Waals surface area contributed by atoms with Gasteiger partial charge in [-0.05, 0) is 55.0 Å². The average Bonchev–Trinajstić information content (AvgIpc) is 2.43. The monoisotopic (exact) mass is 369 g/mol. The molecule has 2 N–H and O–H groups in total. The highest BCUT2D eigenvalue weighted by molar-refractivity contribution is 9.10. The Morgan fingerprint density at radius 1 is 1.30 bits per heavy atom. The van der Waals surface area contributed by atoms with Crippen LogP contribution in [0.3, 0.4) is 0 Å². The van der Waals surface area contributed by atoms with Crippen LogP contribution >= 0.6 is 39.7 Å². The van der Waals surface area contributed by atoms with E-state index in [9.17, 15) is 0 Å². The van der Waals surface area contributed by atoms with Gasteiger partial charge in [-0.25, -0.2) is 0 Å². The highest BCUT2D eigenvalue weighted by atomic mass is 79.9. The van der Waals surface area contributed by atoms with Crippen LogP contribution in [0.15, 0.2) is 47.2 Å². The van der Waals surface area contributed by atoms with Crippen molar-refractivity contribution in [2.75, 3.05) is 5.32 Å². The van der Waals surface area contributed by atoms with Crippen LogP contribution in [-0.2, 0) is 0 Å². The number of aromatic nitrogens is 1. The largest absolute Gasteiger partial charge is 0.356 e. The number of hydrogen-bond acceptors (Lipinski definition) is 2. The normalized spacial score (nSPS) is 11.8. The Morgan fingerprint density at radius 3 is 2.65 bits per heavy atom. The van der Waals surface area contributed by atoms with Gasteiger partial charge in [0, 0.05) is 16.9 Å². The van der Waals surface area contributed by atoms with E-state index in [0.29, 0.717) is 10.1 Å². The van der Waals surface area contributed by atoms with Gasteiger partial charge in [-0.3, -0.25) is 4.98 Å². The molecule has 0 fully saturated rings. The Labute approximate surface area is 136 Å². The Hall–Kier alpha value is -1.17. The van der Waals surface area contributed by atoms with E-state index in [1.807, 2.05) is 37.3 Å². The van der Waals surface area contributed by atoms with Gasteiger partial charge in [0.25, 0.3) is 0 Å². The molecule has 0 bridgehead atoms. The number of nitrogens with zero attached hydrogens (tertiary/aromatic N) is 1. The predicted octanol–water partition coefficient (Wildman–Crippen LogP) is 4.55. The maximum Gasteiger partial charge on any atom is 0.171 e. The molecule has 0 aliphatic carbocycles. The molecule has 0 unspecified atom stereocenters. The molecular formula is C14H13BrClN3S. The molecule has 1 atom stereocenters. The second-order valence-electron chi connectivity index (χ2n) is 4.22. The van der Waals surface area contributed by atoms with Gasteiger partial charge < -0.3 is 10.6 Å². The topological polar surface area (TPSA) is 37.0 Å². The first-order chi connectivity index (χ1) is 9.56. The number of hydrogen-bond donors (Lipinski definition) is 2. The van der Waals surface area contributed by atoms with Gasteiger partial charge in [0.15, 0.2) is 5.11 Å². The second kappa shape index (κ2) is 7.02. The van der Waals surface area contributed by atoms with Crippen LogP contribution in [0.1, 0.15) is 18.5 Å². The smallest absolute Gasteiger partial charge is 0.171 e. The van der Waals surface area contributed by atoms with Crippen LogP contribution in [0, 0.1) is 0 Å². The van der Waals surface area contributed by atoms with Gasteiger partial charge in [-0.15, -0.1) is 0 Å². The first kappa shape index (κ1) is 15.2. The Morgan fingerprint density at radius 2 is 2.00 bits per heavy atom. The summed E-state index contributed by atoms with van der Waals surface area (Å²) in [6.07, 6.45) is 3.52. The quantitative estimate of drug-likeness (QED) is 0.778. The summed E-state index contributed by atoms with van der Waals surface area (Å²) in [7, 11) is 0. The summed E-state index contributed by atoms with van der Waals surface area (Å²) in [6.45, 7) is 2.03. The van der Waals surface area contributed by atoms with Crippen molar-refractivity contribution in [1.82, 2.24) is 10.3 Å². The van der Waals surface area contributed by atoms with Crippen LogP contribution in [0.5, 0.6) is 0 Å². The third kappa shape index (κ3) is 4.16. The number of anilines is 1. The fourth-order valence-electron chi connectivity index (χ4n) is 1.68. The van der Waals surface area contributed by atoms with E-state index in [4.69, 9.17) is 23.8 Å². The molecule has 0 saturated heterocycles. The molecule has 3 nitrogen and oxygen atoms in total. The van der Waals surface area contributed by atoms with Gasteiger partial charge >= 0.3 is 0 Å². The second-order valence-corrected chi connectivity index (χ2v) is 5.96. The molecule has 6 heteroatoms. The van der Waals surface area contributed by atoms with Crippen molar-refractivity contribution in [3.05, 3.63) is 57.8 Å². The molecule has 1 aromatic carbocycles. The van der Waals surface area contributed by atoms with Gasteiger partial charge in [0.2, 0.25) is 0 Å². The first-order valence-electron chi connectivity index (χ1n) is 5.99. The molecule has 104 valence electrons. The zero-order valence-corrected chi connectivity index (χ0v) is 13.9. The van der Waals surface area contributed by atoms with Gasteiger partial charge in [0.1, 0.15) is 0 Å². The summed E-state index contributed by atoms with van der Waals surface area (Å²) >= 11 is 14.8. The van der Waals surface area contributed by atoms with E-state index < -0.39 is 0 Å². The molecule has 0 amide bonds. The molecule has 0 radical (unpaired) electrons. The molecule has 20 heavy (non-hydrogen) atoms. The van der Waals surface area contributed by atoms with E-state index in [1.54, 1.807) is 12.4 Å².